The molecule has 1 amide bonds. The highest BCUT2D eigenvalue weighted by Crippen LogP contribution is 2.14. The lowest BCUT2D eigenvalue weighted by molar-refractivity contribution is -0.113. The van der Waals surface area contributed by atoms with Gasteiger partial charge in [0.2, 0.25) is 0 Å². The van der Waals surface area contributed by atoms with E-state index in [9.17, 15) is 4.79 Å². The lowest BCUT2D eigenvalue weighted by atomic mass is 10.2. The molecule has 0 aliphatic heterocycles. The van der Waals surface area contributed by atoms with Crippen LogP contribution in [-0.2, 0) is 4.79 Å². The van der Waals surface area contributed by atoms with Gasteiger partial charge >= 0.3 is 0 Å². The van der Waals surface area contributed by atoms with Crippen LogP contribution in [0.25, 0.3) is 0 Å². The van der Waals surface area contributed by atoms with E-state index in [1.165, 1.54) is 0 Å². The average molecular weight is 254 g/mol. The Hall–Kier alpha value is -1.68. The third kappa shape index (κ3) is 3.17. The number of nitrogens with one attached hydrogen (secondary N) is 2. The fourth-order valence-corrected chi connectivity index (χ4v) is 1.35. The lowest BCUT2D eigenvalue weighted by Crippen LogP contribution is -2.24. The molecule has 0 aliphatic rings. The summed E-state index contributed by atoms with van der Waals surface area (Å²) in [4.78, 5) is 10.9. The summed E-state index contributed by atoms with van der Waals surface area (Å²) in [6.45, 7) is 0. The van der Waals surface area contributed by atoms with Crippen molar-refractivity contribution in [3.8, 4) is 0 Å². The monoisotopic (exact) mass is 253 g/mol. The number of thiocarbonyl (C=S) groups is 1. The first-order valence-electron chi connectivity index (χ1n) is 4.21. The van der Waals surface area contributed by atoms with Gasteiger partial charge in [-0.3, -0.25) is 10.2 Å². The topological polar surface area (TPSA) is 79.0 Å². The van der Waals surface area contributed by atoms with Crippen LogP contribution in [0.2, 0.25) is 5.02 Å². The van der Waals surface area contributed by atoms with Crippen molar-refractivity contribution in [3.63, 3.8) is 0 Å². The largest absolute Gasteiger partial charge is 0.365 e. The van der Waals surface area contributed by atoms with E-state index in [1.807, 2.05) is 5.87 Å². The Bertz CT molecular complexity index is 477. The highest BCUT2D eigenvalue weighted by atomic mass is 35.5. The van der Waals surface area contributed by atoms with E-state index in [1.54, 1.807) is 24.3 Å². The Morgan fingerprint density at radius 3 is 2.44 bits per heavy atom. The van der Waals surface area contributed by atoms with Gasteiger partial charge in [-0.15, -0.1) is 0 Å². The molecule has 4 N–H and O–H groups in total. The number of rotatable bonds is 3. The number of benzene rings is 1. The molecule has 0 aliphatic carbocycles. The molecule has 1 aromatic rings. The normalized spacial score (nSPS) is 9.06. The molecule has 1 aromatic carbocycles. The summed E-state index contributed by atoms with van der Waals surface area (Å²) in [5, 5.41) is 10.2. The molecule has 1 rings (SSSR count). The summed E-state index contributed by atoms with van der Waals surface area (Å²) in [5.74, 6) is 1.10. The maximum Gasteiger partial charge on any atom is 0.261 e. The van der Waals surface area contributed by atoms with Crippen LogP contribution in [0.4, 0.5) is 5.69 Å². The summed E-state index contributed by atoms with van der Waals surface area (Å²) < 4.78 is 0. The minimum absolute atomic E-state index is 0.0600. The number of primary amides is 1. The Kier molecular flexibility index (Phi) is 4.19. The molecular formula is C10H8ClN3OS. The van der Waals surface area contributed by atoms with Crippen LogP contribution >= 0.6 is 23.8 Å². The lowest BCUT2D eigenvalue weighted by Gasteiger charge is -2.06. The van der Waals surface area contributed by atoms with Gasteiger partial charge in [0.25, 0.3) is 5.91 Å². The van der Waals surface area contributed by atoms with E-state index >= 15 is 0 Å². The van der Waals surface area contributed by atoms with E-state index in [0.717, 1.165) is 0 Å². The molecule has 0 unspecified atom stereocenters. The molecule has 0 saturated heterocycles. The number of carbonyl (C=O) groups excluding carboxylic acids is 1. The molecule has 16 heavy (non-hydrogen) atoms. The van der Waals surface area contributed by atoms with Crippen molar-refractivity contribution >= 4 is 46.3 Å². The first-order chi connectivity index (χ1) is 7.54. The molecule has 0 heterocycles. The zero-order chi connectivity index (χ0) is 12.1. The van der Waals surface area contributed by atoms with Crippen molar-refractivity contribution in [2.24, 2.45) is 5.73 Å². The van der Waals surface area contributed by atoms with Crippen molar-refractivity contribution < 1.29 is 4.79 Å². The predicted molar refractivity (Wildman–Crippen MR) is 68.1 cm³/mol. The van der Waals surface area contributed by atoms with Crippen LogP contribution in [0.1, 0.15) is 0 Å². The zero-order valence-electron chi connectivity index (χ0n) is 8.08. The number of carbonyl (C=O) groups is 1. The zero-order valence-corrected chi connectivity index (χ0v) is 9.65. The van der Waals surface area contributed by atoms with Crippen molar-refractivity contribution in [3.05, 3.63) is 34.9 Å². The molecule has 4 nitrogen and oxygen atoms in total. The first kappa shape index (κ1) is 12.4. The maximum absolute atomic E-state index is 10.9. The summed E-state index contributed by atoms with van der Waals surface area (Å²) in [5.41, 5.74) is 5.51. The Labute approximate surface area is 103 Å². The number of nitrogens with two attached hydrogens (primary N) is 1. The van der Waals surface area contributed by atoms with Crippen molar-refractivity contribution in [2.75, 3.05) is 5.32 Å². The second-order valence-electron chi connectivity index (χ2n) is 2.83. The molecule has 0 fully saturated rings. The minimum atomic E-state index is -0.790. The van der Waals surface area contributed by atoms with E-state index in [0.29, 0.717) is 10.7 Å². The summed E-state index contributed by atoms with van der Waals surface area (Å²) in [6, 6.07) is 6.73. The van der Waals surface area contributed by atoms with E-state index in [2.05, 4.69) is 5.32 Å². The molecule has 0 aromatic heterocycles. The third-order valence-electron chi connectivity index (χ3n) is 1.70. The smallest absolute Gasteiger partial charge is 0.261 e. The van der Waals surface area contributed by atoms with Gasteiger partial charge in [0.05, 0.1) is 0 Å². The third-order valence-corrected chi connectivity index (χ3v) is 2.26. The second-order valence-corrected chi connectivity index (χ2v) is 3.67. The van der Waals surface area contributed by atoms with Gasteiger partial charge < -0.3 is 11.1 Å². The number of hydrogen-bond donors (Lipinski definition) is 3. The standard InChI is InChI=1S/C10H8ClN3OS/c11-6-1-3-7(4-2-6)14-10(16)8(5-12)9(13)15/h1-4,12H,(H2,13,15)(H,14,16). The quantitative estimate of drug-likeness (QED) is 0.436. The van der Waals surface area contributed by atoms with Gasteiger partial charge in [0.15, 0.2) is 0 Å². The maximum atomic E-state index is 10.9. The Balaban J connectivity index is 2.83. The van der Waals surface area contributed by atoms with Crippen molar-refractivity contribution in [1.29, 1.82) is 5.41 Å². The Morgan fingerprint density at radius 2 is 2.00 bits per heavy atom. The molecule has 0 bridgehead atoms. The number of amides is 1. The highest BCUT2D eigenvalue weighted by molar-refractivity contribution is 7.81. The van der Waals surface area contributed by atoms with Gasteiger partial charge in [0.1, 0.15) is 10.6 Å². The van der Waals surface area contributed by atoms with Gasteiger partial charge in [0, 0.05) is 10.7 Å². The molecule has 0 saturated carbocycles. The minimum Gasteiger partial charge on any atom is -0.365 e. The Morgan fingerprint density at radius 1 is 1.44 bits per heavy atom. The number of anilines is 1. The van der Waals surface area contributed by atoms with E-state index < -0.39 is 5.91 Å². The van der Waals surface area contributed by atoms with Crippen LogP contribution in [0.15, 0.2) is 29.8 Å². The van der Waals surface area contributed by atoms with Gasteiger partial charge in [-0.2, -0.15) is 0 Å². The molecule has 0 radical (unpaired) electrons. The van der Waals surface area contributed by atoms with Gasteiger partial charge in [-0.25, -0.2) is 0 Å². The molecular weight excluding hydrogens is 246 g/mol. The fraction of sp³-hybridized carbons (Fsp3) is 0. The molecule has 0 spiro atoms. The molecule has 82 valence electrons. The average Bonchev–Trinajstić information content (AvgIpc) is 2.22. The van der Waals surface area contributed by atoms with Crippen LogP contribution < -0.4 is 11.1 Å². The fourth-order valence-electron chi connectivity index (χ4n) is 0.957. The summed E-state index contributed by atoms with van der Waals surface area (Å²) in [7, 11) is 0. The van der Waals surface area contributed by atoms with Crippen LogP contribution in [0.3, 0.4) is 0 Å². The summed E-state index contributed by atoms with van der Waals surface area (Å²) in [6.07, 6.45) is 0. The van der Waals surface area contributed by atoms with Crippen LogP contribution in [-0.4, -0.2) is 16.8 Å². The first-order valence-corrected chi connectivity index (χ1v) is 4.99. The van der Waals surface area contributed by atoms with Gasteiger partial charge in [-0.1, -0.05) is 23.8 Å². The highest BCUT2D eigenvalue weighted by Gasteiger charge is 2.11. The summed E-state index contributed by atoms with van der Waals surface area (Å²) >= 11 is 10.6. The number of hydrogen-bond acceptors (Lipinski definition) is 3. The van der Waals surface area contributed by atoms with E-state index in [4.69, 9.17) is 35.0 Å². The SMILES string of the molecule is N=C=C(C(N)=O)C(=S)Nc1ccc(Cl)cc1. The van der Waals surface area contributed by atoms with Gasteiger partial charge in [-0.05, 0) is 30.1 Å². The molecule has 6 heteroatoms. The second kappa shape index (κ2) is 5.42. The van der Waals surface area contributed by atoms with Crippen molar-refractivity contribution in [2.45, 2.75) is 0 Å². The van der Waals surface area contributed by atoms with Crippen molar-refractivity contribution in [1.82, 2.24) is 0 Å². The van der Waals surface area contributed by atoms with Crippen LogP contribution in [0, 0.1) is 5.41 Å². The predicted octanol–water partition coefficient (Wildman–Crippen LogP) is 1.74. The number of halogens is 1. The van der Waals surface area contributed by atoms with E-state index in [-0.39, 0.29) is 10.6 Å². The van der Waals surface area contributed by atoms with Crippen LogP contribution in [0.5, 0.6) is 0 Å². The molecule has 0 atom stereocenters.